The van der Waals surface area contributed by atoms with Crippen LogP contribution in [0.1, 0.15) is 6.42 Å². The molecule has 1 atom stereocenters. The van der Waals surface area contributed by atoms with Crippen molar-refractivity contribution >= 4 is 51.1 Å². The highest BCUT2D eigenvalue weighted by molar-refractivity contribution is 6.36. The number of anilines is 2. The van der Waals surface area contributed by atoms with Crippen molar-refractivity contribution in [2.45, 2.75) is 18.5 Å². The Morgan fingerprint density at radius 1 is 1.14 bits per heavy atom. The van der Waals surface area contributed by atoms with Crippen molar-refractivity contribution in [2.75, 3.05) is 56.6 Å². The summed E-state index contributed by atoms with van der Waals surface area (Å²) in [6.07, 6.45) is 0.395. The molecule has 2 aromatic heterocycles. The average Bonchev–Trinajstić information content (AvgIpc) is 2.94. The number of halogens is 3. The number of likely N-dealkylation sites (N-methyl/N-ethyl adjacent to an activating group) is 1. The van der Waals surface area contributed by atoms with Crippen LogP contribution in [0.5, 0.6) is 0 Å². The van der Waals surface area contributed by atoms with Crippen LogP contribution >= 0.6 is 11.6 Å². The number of hydrogen-bond acceptors (Lipinski definition) is 8. The maximum atomic E-state index is 16.5. The Hall–Kier alpha value is -4.34. The minimum atomic E-state index is -1.10. The first-order valence-corrected chi connectivity index (χ1v) is 13.8. The van der Waals surface area contributed by atoms with E-state index >= 15 is 4.39 Å². The van der Waals surface area contributed by atoms with Gasteiger partial charge >= 0.3 is 6.09 Å². The molecule has 10 nitrogen and oxygen atoms in total. The van der Waals surface area contributed by atoms with Crippen molar-refractivity contribution in [3.8, 4) is 17.3 Å². The number of piperazine rings is 1. The summed E-state index contributed by atoms with van der Waals surface area (Å²) in [6.45, 7) is 1.96. The second kappa shape index (κ2) is 10.8. The van der Waals surface area contributed by atoms with Gasteiger partial charge in [-0.1, -0.05) is 35.9 Å². The first kappa shape index (κ1) is 27.8. The van der Waals surface area contributed by atoms with E-state index in [1.165, 1.54) is 17.2 Å². The first-order valence-electron chi connectivity index (χ1n) is 13.4. The fraction of sp³-hybridized carbons (Fsp3) is 0.345. The fourth-order valence-corrected chi connectivity index (χ4v) is 5.91. The molecule has 0 radical (unpaired) electrons. The predicted molar refractivity (Wildman–Crippen MR) is 156 cm³/mol. The van der Waals surface area contributed by atoms with Crippen molar-refractivity contribution < 1.29 is 18.7 Å². The lowest BCUT2D eigenvalue weighted by molar-refractivity contribution is 0.119. The number of nitrogens with zero attached hydrogens (tertiary/aromatic N) is 8. The van der Waals surface area contributed by atoms with Crippen molar-refractivity contribution in [3.05, 3.63) is 53.2 Å². The van der Waals surface area contributed by atoms with Crippen molar-refractivity contribution in [1.82, 2.24) is 24.8 Å². The van der Waals surface area contributed by atoms with Gasteiger partial charge in [-0.25, -0.2) is 18.6 Å². The summed E-state index contributed by atoms with van der Waals surface area (Å²) in [5.41, 5.74) is 0.346. The lowest BCUT2D eigenvalue weighted by atomic mass is 10.0. The number of carbonyl (C=O) groups is 1. The molecule has 1 amide bonds. The van der Waals surface area contributed by atoms with Crippen LogP contribution in [0.25, 0.3) is 32.9 Å². The summed E-state index contributed by atoms with van der Waals surface area (Å²) in [7, 11) is 3.98. The van der Waals surface area contributed by atoms with Crippen molar-refractivity contribution in [3.63, 3.8) is 0 Å². The molecule has 6 rings (SSSR count). The van der Waals surface area contributed by atoms with E-state index in [9.17, 15) is 19.6 Å². The van der Waals surface area contributed by atoms with Crippen LogP contribution in [0.4, 0.5) is 25.3 Å². The van der Waals surface area contributed by atoms with Crippen LogP contribution in [0.2, 0.25) is 5.02 Å². The van der Waals surface area contributed by atoms with Crippen LogP contribution in [0.3, 0.4) is 0 Å². The molecule has 4 aromatic rings. The zero-order chi connectivity index (χ0) is 29.7. The zero-order valence-electron chi connectivity index (χ0n) is 22.9. The Morgan fingerprint density at radius 2 is 1.93 bits per heavy atom. The Morgan fingerprint density at radius 3 is 2.64 bits per heavy atom. The normalized spacial score (nSPS) is 17.6. The first-order chi connectivity index (χ1) is 20.2. The van der Waals surface area contributed by atoms with Crippen LogP contribution in [-0.4, -0.2) is 94.9 Å². The lowest BCUT2D eigenvalue weighted by Gasteiger charge is -2.43. The van der Waals surface area contributed by atoms with Crippen LogP contribution < -0.4 is 9.80 Å². The third kappa shape index (κ3) is 4.68. The molecule has 216 valence electrons. The van der Waals surface area contributed by atoms with E-state index < -0.39 is 23.8 Å². The Labute approximate surface area is 245 Å². The number of rotatable bonds is 5. The highest BCUT2D eigenvalue weighted by atomic mass is 35.5. The molecule has 13 heteroatoms. The largest absolute Gasteiger partial charge is 0.465 e. The Kier molecular flexibility index (Phi) is 7.16. The van der Waals surface area contributed by atoms with Gasteiger partial charge in [-0.05, 0) is 25.5 Å². The van der Waals surface area contributed by atoms with E-state index in [0.717, 1.165) is 0 Å². The molecule has 4 heterocycles. The quantitative estimate of drug-likeness (QED) is 0.355. The molecule has 0 saturated carbocycles. The van der Waals surface area contributed by atoms with Gasteiger partial charge in [0.1, 0.15) is 22.8 Å². The van der Waals surface area contributed by atoms with E-state index in [1.54, 1.807) is 24.3 Å². The number of fused-ring (bicyclic) bond motifs is 2. The van der Waals surface area contributed by atoms with Gasteiger partial charge in [0, 0.05) is 55.9 Å². The highest BCUT2D eigenvalue weighted by Crippen LogP contribution is 2.39. The van der Waals surface area contributed by atoms with Gasteiger partial charge in [0.15, 0.2) is 5.82 Å². The second-order valence-corrected chi connectivity index (χ2v) is 11.1. The Balaban J connectivity index is 1.51. The number of aromatic nitrogens is 3. The van der Waals surface area contributed by atoms with Crippen LogP contribution in [-0.2, 0) is 0 Å². The topological polar surface area (TPSA) is 113 Å². The maximum Gasteiger partial charge on any atom is 0.407 e. The molecule has 2 aliphatic heterocycles. The van der Waals surface area contributed by atoms with E-state index in [0.29, 0.717) is 53.1 Å². The number of amides is 1. The standard InChI is InChI=1S/C29H27ClF2N8O2/c1-37(2)18-14-39(15-18)28-35-26-20(27(36-28)38-10-11-40(29(41)42)17(13-38)8-9-33)12-34-25(24(26)32)19-5-3-4-16-6-7-21(31)23(30)22(16)19/h3-7,12,17-18H,8,10-11,13-15H2,1-2H3,(H,41,42). The van der Waals surface area contributed by atoms with E-state index in [4.69, 9.17) is 16.6 Å². The summed E-state index contributed by atoms with van der Waals surface area (Å²) >= 11 is 6.35. The third-order valence-electron chi connectivity index (χ3n) is 8.07. The number of pyridine rings is 1. The van der Waals surface area contributed by atoms with E-state index in [-0.39, 0.29) is 41.8 Å². The minimum absolute atomic E-state index is 0.00444. The van der Waals surface area contributed by atoms with Gasteiger partial charge < -0.3 is 24.7 Å². The molecular weight excluding hydrogens is 566 g/mol. The predicted octanol–water partition coefficient (Wildman–Crippen LogP) is 4.61. The molecule has 2 saturated heterocycles. The summed E-state index contributed by atoms with van der Waals surface area (Å²) in [5, 5.41) is 20.2. The average molecular weight is 593 g/mol. The number of benzene rings is 2. The Bertz CT molecular complexity index is 1760. The van der Waals surface area contributed by atoms with Gasteiger partial charge in [0.2, 0.25) is 5.95 Å². The summed E-state index contributed by atoms with van der Waals surface area (Å²) in [6, 6.07) is 9.75. The molecule has 0 bridgehead atoms. The molecule has 1 unspecified atom stereocenters. The molecular formula is C29H27ClF2N8O2. The van der Waals surface area contributed by atoms with E-state index in [2.05, 4.69) is 20.9 Å². The molecule has 2 aliphatic rings. The summed E-state index contributed by atoms with van der Waals surface area (Å²) in [4.78, 5) is 32.9. The summed E-state index contributed by atoms with van der Waals surface area (Å²) in [5.74, 6) is -0.569. The third-order valence-corrected chi connectivity index (χ3v) is 8.44. The summed E-state index contributed by atoms with van der Waals surface area (Å²) < 4.78 is 31.0. The molecule has 2 aromatic carbocycles. The second-order valence-electron chi connectivity index (χ2n) is 10.8. The van der Waals surface area contributed by atoms with Gasteiger partial charge in [-0.3, -0.25) is 4.98 Å². The molecule has 1 N–H and O–H groups in total. The lowest BCUT2D eigenvalue weighted by Crippen LogP contribution is -2.58. The minimum Gasteiger partial charge on any atom is -0.465 e. The highest BCUT2D eigenvalue weighted by Gasteiger charge is 2.35. The smallest absolute Gasteiger partial charge is 0.407 e. The number of hydrogen-bond donors (Lipinski definition) is 1. The van der Waals surface area contributed by atoms with Crippen LogP contribution in [0.15, 0.2) is 36.5 Å². The van der Waals surface area contributed by atoms with Gasteiger partial charge in [-0.15, -0.1) is 0 Å². The van der Waals surface area contributed by atoms with E-state index in [1.807, 2.05) is 23.9 Å². The fourth-order valence-electron chi connectivity index (χ4n) is 5.63. The van der Waals surface area contributed by atoms with Gasteiger partial charge in [0.05, 0.1) is 28.9 Å². The molecule has 0 spiro atoms. The van der Waals surface area contributed by atoms with Gasteiger partial charge in [0.25, 0.3) is 0 Å². The van der Waals surface area contributed by atoms with Crippen LogP contribution in [0, 0.1) is 23.0 Å². The zero-order valence-corrected chi connectivity index (χ0v) is 23.7. The van der Waals surface area contributed by atoms with Crippen molar-refractivity contribution in [2.24, 2.45) is 0 Å². The number of carboxylic acid groups (broad SMARTS) is 1. The number of nitriles is 1. The monoisotopic (exact) mass is 592 g/mol. The van der Waals surface area contributed by atoms with Gasteiger partial charge in [-0.2, -0.15) is 10.2 Å². The van der Waals surface area contributed by atoms with Crippen molar-refractivity contribution in [1.29, 1.82) is 5.26 Å². The molecule has 0 aliphatic carbocycles. The maximum absolute atomic E-state index is 16.5. The SMILES string of the molecule is CN(C)C1CN(c2nc(N3CCN(C(=O)O)C(CC#N)C3)c3cnc(-c4cccc5ccc(F)c(Cl)c45)c(F)c3n2)C1. The molecule has 2 fully saturated rings. The molecule has 42 heavy (non-hydrogen) atoms.